The Hall–Kier alpha value is -4.16. The molecule has 0 saturated heterocycles. The molecule has 0 aliphatic heterocycles. The van der Waals surface area contributed by atoms with Gasteiger partial charge in [-0.15, -0.1) is 0 Å². The summed E-state index contributed by atoms with van der Waals surface area (Å²) in [7, 11) is 0. The van der Waals surface area contributed by atoms with Gasteiger partial charge in [-0.05, 0) is 59.8 Å². The molecule has 0 atom stereocenters. The number of hydrogen-bond donors (Lipinski definition) is 0. The Kier molecular flexibility index (Phi) is 2.95. The van der Waals surface area contributed by atoms with Gasteiger partial charge in [0.15, 0.2) is 0 Å². The molecule has 7 aromatic rings. The Morgan fingerprint density at radius 2 is 1.61 bits per heavy atom. The lowest BCUT2D eigenvalue weighted by Gasteiger charge is -2.16. The zero-order valence-electron chi connectivity index (χ0n) is 17.2. The molecule has 0 aliphatic rings. The van der Waals surface area contributed by atoms with Crippen molar-refractivity contribution >= 4 is 59.8 Å². The molecule has 3 nitrogen and oxygen atoms in total. The first kappa shape index (κ1) is 16.6. The van der Waals surface area contributed by atoms with Crippen LogP contribution in [0.25, 0.3) is 59.8 Å². The van der Waals surface area contributed by atoms with Crippen molar-refractivity contribution in [3.05, 3.63) is 83.6 Å². The van der Waals surface area contributed by atoms with Crippen LogP contribution in [-0.4, -0.2) is 9.38 Å². The monoisotopic (exact) mass is 395 g/mol. The van der Waals surface area contributed by atoms with Crippen molar-refractivity contribution in [3.63, 3.8) is 0 Å². The minimum Gasteiger partial charge on any atom is -0.308 e. The lowest BCUT2D eigenvalue weighted by molar-refractivity contribution is 1.31. The number of fused-ring (bicyclic) bond motifs is 7. The van der Waals surface area contributed by atoms with E-state index in [1.165, 1.54) is 54.5 Å². The molecule has 4 aromatic carbocycles. The number of aryl methyl sites for hydroxylation is 2. The van der Waals surface area contributed by atoms with Crippen molar-refractivity contribution in [1.82, 2.24) is 9.38 Å². The van der Waals surface area contributed by atoms with E-state index < -0.39 is 0 Å². The van der Waals surface area contributed by atoms with Crippen LogP contribution < -0.4 is 0 Å². The Morgan fingerprint density at radius 3 is 2.48 bits per heavy atom. The Balaban J connectivity index is 1.92. The lowest BCUT2D eigenvalue weighted by Crippen LogP contribution is -1.97. The van der Waals surface area contributed by atoms with E-state index in [9.17, 15) is 5.26 Å². The molecular formula is C28H17N3. The van der Waals surface area contributed by atoms with Crippen LogP contribution in [0.2, 0.25) is 0 Å². The number of benzene rings is 4. The molecule has 0 bridgehead atoms. The number of rotatable bonds is 0. The minimum atomic E-state index is 0.676. The first-order chi connectivity index (χ1) is 15.2. The van der Waals surface area contributed by atoms with E-state index in [4.69, 9.17) is 4.98 Å². The molecule has 0 radical (unpaired) electrons. The molecule has 31 heavy (non-hydrogen) atoms. The summed E-state index contributed by atoms with van der Waals surface area (Å²) in [5.41, 5.74) is 7.64. The number of aromatic nitrogens is 2. The molecule has 3 heterocycles. The van der Waals surface area contributed by atoms with Crippen LogP contribution in [0.5, 0.6) is 0 Å². The third kappa shape index (κ3) is 1.95. The van der Waals surface area contributed by atoms with E-state index >= 15 is 0 Å². The van der Waals surface area contributed by atoms with Crippen LogP contribution in [0.15, 0.2) is 66.9 Å². The predicted molar refractivity (Wildman–Crippen MR) is 128 cm³/mol. The normalized spacial score (nSPS) is 12.2. The summed E-state index contributed by atoms with van der Waals surface area (Å²) >= 11 is 0. The van der Waals surface area contributed by atoms with Crippen molar-refractivity contribution in [2.45, 2.75) is 13.8 Å². The highest BCUT2D eigenvalue weighted by Crippen LogP contribution is 2.42. The summed E-state index contributed by atoms with van der Waals surface area (Å²) in [5.74, 6) is 0. The highest BCUT2D eigenvalue weighted by atomic mass is 14.9. The van der Waals surface area contributed by atoms with Gasteiger partial charge in [-0.1, -0.05) is 42.0 Å². The molecule has 0 spiro atoms. The van der Waals surface area contributed by atoms with Crippen molar-refractivity contribution in [1.29, 1.82) is 5.26 Å². The van der Waals surface area contributed by atoms with Crippen LogP contribution in [0.1, 0.15) is 16.7 Å². The van der Waals surface area contributed by atoms with E-state index in [1.54, 1.807) is 0 Å². The second kappa shape index (κ2) is 5.50. The maximum Gasteiger partial charge on any atom is 0.0992 e. The molecule has 144 valence electrons. The minimum absolute atomic E-state index is 0.676. The summed E-state index contributed by atoms with van der Waals surface area (Å²) in [6, 6.07) is 23.7. The Bertz CT molecular complexity index is 1920. The maximum atomic E-state index is 9.57. The van der Waals surface area contributed by atoms with Gasteiger partial charge in [0.1, 0.15) is 0 Å². The van der Waals surface area contributed by atoms with Gasteiger partial charge >= 0.3 is 0 Å². The molecule has 3 heteroatoms. The molecule has 0 fully saturated rings. The highest BCUT2D eigenvalue weighted by Gasteiger charge is 2.20. The zero-order valence-corrected chi connectivity index (χ0v) is 17.2. The molecule has 3 aromatic heterocycles. The molecule has 0 amide bonds. The molecule has 0 N–H and O–H groups in total. The van der Waals surface area contributed by atoms with Gasteiger partial charge in [0.25, 0.3) is 0 Å². The summed E-state index contributed by atoms with van der Waals surface area (Å²) in [4.78, 5) is 4.87. The summed E-state index contributed by atoms with van der Waals surface area (Å²) in [6.45, 7) is 4.34. The van der Waals surface area contributed by atoms with Crippen LogP contribution in [0, 0.1) is 25.2 Å². The van der Waals surface area contributed by atoms with E-state index in [0.717, 1.165) is 16.4 Å². The van der Waals surface area contributed by atoms with Crippen molar-refractivity contribution < 1.29 is 0 Å². The fourth-order valence-corrected chi connectivity index (χ4v) is 5.44. The predicted octanol–water partition coefficient (Wildman–Crippen LogP) is 7.03. The third-order valence-electron chi connectivity index (χ3n) is 6.79. The van der Waals surface area contributed by atoms with Crippen molar-refractivity contribution in [3.8, 4) is 6.07 Å². The molecular weight excluding hydrogens is 378 g/mol. The number of nitriles is 1. The summed E-state index contributed by atoms with van der Waals surface area (Å²) < 4.78 is 2.37. The average molecular weight is 395 g/mol. The van der Waals surface area contributed by atoms with Gasteiger partial charge in [0.05, 0.1) is 33.7 Å². The smallest absolute Gasteiger partial charge is 0.0992 e. The summed E-state index contributed by atoms with van der Waals surface area (Å²) in [6.07, 6.45) is 1.91. The van der Waals surface area contributed by atoms with Crippen molar-refractivity contribution in [2.75, 3.05) is 0 Å². The topological polar surface area (TPSA) is 41.1 Å². The van der Waals surface area contributed by atoms with Gasteiger partial charge < -0.3 is 4.40 Å². The molecule has 0 aliphatic carbocycles. The van der Waals surface area contributed by atoms with Crippen molar-refractivity contribution in [2.24, 2.45) is 0 Å². The standard InChI is InChI=1S/C28H17N3/c1-15-3-6-20-16(2)27-23(13-19(20)11-15)26-25-18(9-10-30-26)5-8-22-21-7-4-17(14-29)12-24(21)31(27)28(22)25/h3-13H,1-2H3. The fourth-order valence-electron chi connectivity index (χ4n) is 5.44. The Labute approximate surface area is 178 Å². The number of hydrogen-bond acceptors (Lipinski definition) is 2. The van der Waals surface area contributed by atoms with E-state index in [-0.39, 0.29) is 0 Å². The van der Waals surface area contributed by atoms with E-state index in [2.05, 4.69) is 72.8 Å². The first-order valence-corrected chi connectivity index (χ1v) is 10.5. The number of nitrogens with zero attached hydrogens (tertiary/aromatic N) is 3. The SMILES string of the molecule is Cc1ccc2c(C)c3c(cc2c1)c1nccc2ccc4c5ccc(C#N)cc5n3c4c21. The second-order valence-electron chi connectivity index (χ2n) is 8.52. The van der Waals surface area contributed by atoms with Crippen LogP contribution in [0.4, 0.5) is 0 Å². The van der Waals surface area contributed by atoms with E-state index in [0.29, 0.717) is 5.56 Å². The van der Waals surface area contributed by atoms with Crippen LogP contribution >= 0.6 is 0 Å². The maximum absolute atomic E-state index is 9.57. The van der Waals surface area contributed by atoms with Gasteiger partial charge in [-0.2, -0.15) is 5.26 Å². The van der Waals surface area contributed by atoms with E-state index in [1.807, 2.05) is 18.3 Å². The fraction of sp³-hybridized carbons (Fsp3) is 0.0714. The quantitative estimate of drug-likeness (QED) is 0.204. The molecule has 0 unspecified atom stereocenters. The largest absolute Gasteiger partial charge is 0.308 e. The average Bonchev–Trinajstić information content (AvgIpc) is 3.12. The van der Waals surface area contributed by atoms with Gasteiger partial charge in [0, 0.05) is 27.7 Å². The zero-order chi connectivity index (χ0) is 20.9. The van der Waals surface area contributed by atoms with Gasteiger partial charge in [0.2, 0.25) is 0 Å². The highest BCUT2D eigenvalue weighted by molar-refractivity contribution is 6.28. The van der Waals surface area contributed by atoms with Crippen LogP contribution in [-0.2, 0) is 0 Å². The molecule has 0 saturated carbocycles. The van der Waals surface area contributed by atoms with Gasteiger partial charge in [-0.25, -0.2) is 0 Å². The third-order valence-corrected chi connectivity index (χ3v) is 6.79. The van der Waals surface area contributed by atoms with Gasteiger partial charge in [-0.3, -0.25) is 4.98 Å². The second-order valence-corrected chi connectivity index (χ2v) is 8.52. The molecule has 7 rings (SSSR count). The lowest BCUT2D eigenvalue weighted by atomic mass is 9.96. The Morgan fingerprint density at radius 1 is 0.774 bits per heavy atom. The van der Waals surface area contributed by atoms with Crippen LogP contribution in [0.3, 0.4) is 0 Å². The number of pyridine rings is 2. The first-order valence-electron chi connectivity index (χ1n) is 10.5. The summed E-state index contributed by atoms with van der Waals surface area (Å²) in [5, 5.41) is 18.0.